The van der Waals surface area contributed by atoms with Gasteiger partial charge in [0.25, 0.3) is 5.91 Å². The standard InChI is InChI=1S/C18H17ClF2N2O6S/c1-23(2)30(26,27)15-9-12(6-7-14(15)19)22-16(24)10-28-17(25)11-4-3-5-13(8-11)29-18(20)21/h3-9,18H,10H2,1-2H3,(H,22,24). The Labute approximate surface area is 176 Å². The molecule has 0 unspecified atom stereocenters. The molecule has 2 rings (SSSR count). The van der Waals surface area contributed by atoms with Crippen molar-refractivity contribution in [3.63, 3.8) is 0 Å². The van der Waals surface area contributed by atoms with E-state index in [1.54, 1.807) is 0 Å². The number of benzene rings is 2. The van der Waals surface area contributed by atoms with Crippen molar-refractivity contribution in [2.75, 3.05) is 26.0 Å². The van der Waals surface area contributed by atoms with Gasteiger partial charge in [-0.2, -0.15) is 8.78 Å². The van der Waals surface area contributed by atoms with Crippen LogP contribution in [0.15, 0.2) is 47.4 Å². The lowest BCUT2D eigenvalue weighted by atomic mass is 10.2. The van der Waals surface area contributed by atoms with Crippen LogP contribution >= 0.6 is 11.6 Å². The molecule has 0 saturated heterocycles. The van der Waals surface area contributed by atoms with Gasteiger partial charge in [0.2, 0.25) is 10.0 Å². The highest BCUT2D eigenvalue weighted by atomic mass is 35.5. The van der Waals surface area contributed by atoms with Crippen LogP contribution in [0.2, 0.25) is 5.02 Å². The van der Waals surface area contributed by atoms with E-state index in [1.807, 2.05) is 0 Å². The minimum Gasteiger partial charge on any atom is -0.452 e. The molecule has 0 aliphatic heterocycles. The van der Waals surface area contributed by atoms with E-state index in [0.717, 1.165) is 10.4 Å². The second-order valence-electron chi connectivity index (χ2n) is 5.96. The molecule has 0 aromatic heterocycles. The molecule has 12 heteroatoms. The number of halogens is 3. The third kappa shape index (κ3) is 6.12. The molecule has 0 bridgehead atoms. The van der Waals surface area contributed by atoms with Gasteiger partial charge in [-0.3, -0.25) is 4.79 Å². The van der Waals surface area contributed by atoms with Gasteiger partial charge in [-0.15, -0.1) is 0 Å². The number of rotatable bonds is 8. The van der Waals surface area contributed by atoms with Gasteiger partial charge >= 0.3 is 12.6 Å². The Morgan fingerprint density at radius 2 is 1.87 bits per heavy atom. The zero-order valence-corrected chi connectivity index (χ0v) is 17.3. The number of sulfonamides is 1. The molecule has 0 spiro atoms. The molecule has 0 radical (unpaired) electrons. The Kier molecular flexibility index (Phi) is 7.71. The van der Waals surface area contributed by atoms with Gasteiger partial charge in [0.1, 0.15) is 10.6 Å². The molecule has 8 nitrogen and oxygen atoms in total. The number of nitrogens with one attached hydrogen (secondary N) is 1. The highest BCUT2D eigenvalue weighted by molar-refractivity contribution is 7.89. The number of anilines is 1. The van der Waals surface area contributed by atoms with Crippen LogP contribution in [0.25, 0.3) is 0 Å². The monoisotopic (exact) mass is 462 g/mol. The lowest BCUT2D eigenvalue weighted by molar-refractivity contribution is -0.119. The number of nitrogens with zero attached hydrogens (tertiary/aromatic N) is 1. The first-order chi connectivity index (χ1) is 14.0. The zero-order valence-electron chi connectivity index (χ0n) is 15.8. The molecule has 0 aliphatic carbocycles. The number of carbonyl (C=O) groups excluding carboxylic acids is 2. The first kappa shape index (κ1) is 23.5. The van der Waals surface area contributed by atoms with Crippen molar-refractivity contribution in [1.29, 1.82) is 0 Å². The average Bonchev–Trinajstić information content (AvgIpc) is 2.67. The van der Waals surface area contributed by atoms with Gasteiger partial charge in [-0.1, -0.05) is 17.7 Å². The van der Waals surface area contributed by atoms with Crippen molar-refractivity contribution >= 4 is 39.2 Å². The second kappa shape index (κ2) is 9.83. The number of carbonyl (C=O) groups is 2. The van der Waals surface area contributed by atoms with E-state index in [0.29, 0.717) is 0 Å². The van der Waals surface area contributed by atoms with Crippen LogP contribution in [-0.2, 0) is 19.6 Å². The molecule has 30 heavy (non-hydrogen) atoms. The van der Waals surface area contributed by atoms with E-state index in [1.165, 1.54) is 50.5 Å². The molecular formula is C18H17ClF2N2O6S. The van der Waals surface area contributed by atoms with Crippen molar-refractivity contribution in [2.24, 2.45) is 0 Å². The summed E-state index contributed by atoms with van der Waals surface area (Å²) in [5.41, 5.74) is 0.0278. The number of alkyl halides is 2. The normalized spacial score (nSPS) is 11.4. The Bertz CT molecular complexity index is 1050. The van der Waals surface area contributed by atoms with E-state index in [2.05, 4.69) is 10.1 Å². The quantitative estimate of drug-likeness (QED) is 0.605. The second-order valence-corrected chi connectivity index (χ2v) is 8.49. The fourth-order valence-electron chi connectivity index (χ4n) is 2.19. The van der Waals surface area contributed by atoms with Crippen LogP contribution in [0, 0.1) is 0 Å². The van der Waals surface area contributed by atoms with Crippen molar-refractivity contribution in [1.82, 2.24) is 4.31 Å². The first-order valence-corrected chi connectivity index (χ1v) is 10.1. The minimum absolute atomic E-state index is 0.0287. The Morgan fingerprint density at radius 3 is 2.50 bits per heavy atom. The van der Waals surface area contributed by atoms with Gasteiger partial charge in [0, 0.05) is 19.8 Å². The number of ether oxygens (including phenoxy) is 2. The molecule has 1 N–H and O–H groups in total. The van der Waals surface area contributed by atoms with Gasteiger partial charge in [-0.25, -0.2) is 17.5 Å². The summed E-state index contributed by atoms with van der Waals surface area (Å²) in [6, 6.07) is 8.74. The number of hydrogen-bond donors (Lipinski definition) is 1. The summed E-state index contributed by atoms with van der Waals surface area (Å²) in [5, 5.41) is 2.35. The van der Waals surface area contributed by atoms with E-state index in [4.69, 9.17) is 16.3 Å². The Balaban J connectivity index is 2.02. The molecule has 0 fully saturated rings. The third-order valence-corrected chi connectivity index (χ3v) is 5.90. The molecule has 2 aromatic rings. The average molecular weight is 463 g/mol. The fraction of sp³-hybridized carbons (Fsp3) is 0.222. The molecule has 2 aromatic carbocycles. The van der Waals surface area contributed by atoms with Crippen LogP contribution in [-0.4, -0.2) is 51.9 Å². The molecule has 162 valence electrons. The maximum Gasteiger partial charge on any atom is 0.387 e. The van der Waals surface area contributed by atoms with Crippen LogP contribution in [0.3, 0.4) is 0 Å². The zero-order chi connectivity index (χ0) is 22.5. The van der Waals surface area contributed by atoms with Gasteiger partial charge < -0.3 is 14.8 Å². The Morgan fingerprint density at radius 1 is 1.17 bits per heavy atom. The van der Waals surface area contributed by atoms with E-state index < -0.39 is 35.1 Å². The van der Waals surface area contributed by atoms with E-state index in [9.17, 15) is 26.8 Å². The maximum absolute atomic E-state index is 12.3. The highest BCUT2D eigenvalue weighted by Gasteiger charge is 2.21. The van der Waals surface area contributed by atoms with Crippen molar-refractivity contribution in [3.8, 4) is 5.75 Å². The van der Waals surface area contributed by atoms with Crippen molar-refractivity contribution in [2.45, 2.75) is 11.5 Å². The number of amides is 1. The SMILES string of the molecule is CN(C)S(=O)(=O)c1cc(NC(=O)COC(=O)c2cccc(OC(F)F)c2)ccc1Cl. The molecule has 1 amide bonds. The molecular weight excluding hydrogens is 446 g/mol. The lowest BCUT2D eigenvalue weighted by Gasteiger charge is -2.14. The van der Waals surface area contributed by atoms with Crippen LogP contribution in [0.5, 0.6) is 5.75 Å². The van der Waals surface area contributed by atoms with E-state index in [-0.39, 0.29) is 26.9 Å². The molecule has 0 atom stereocenters. The largest absolute Gasteiger partial charge is 0.452 e. The van der Waals surface area contributed by atoms with Gasteiger partial charge in [0.05, 0.1) is 10.6 Å². The summed E-state index contributed by atoms with van der Waals surface area (Å²) in [5.74, 6) is -1.92. The van der Waals surface area contributed by atoms with Crippen LogP contribution in [0.4, 0.5) is 14.5 Å². The van der Waals surface area contributed by atoms with Crippen LogP contribution in [0.1, 0.15) is 10.4 Å². The predicted octanol–water partition coefficient (Wildman–Crippen LogP) is 2.99. The topological polar surface area (TPSA) is 102 Å². The highest BCUT2D eigenvalue weighted by Crippen LogP contribution is 2.26. The van der Waals surface area contributed by atoms with Crippen LogP contribution < -0.4 is 10.1 Å². The van der Waals surface area contributed by atoms with Gasteiger partial charge in [-0.05, 0) is 36.4 Å². The number of esters is 1. The van der Waals surface area contributed by atoms with E-state index >= 15 is 0 Å². The molecule has 0 heterocycles. The summed E-state index contributed by atoms with van der Waals surface area (Å²) < 4.78 is 59.0. The summed E-state index contributed by atoms with van der Waals surface area (Å²) in [6.45, 7) is -3.75. The van der Waals surface area contributed by atoms with Crippen molar-refractivity contribution in [3.05, 3.63) is 53.1 Å². The van der Waals surface area contributed by atoms with Crippen molar-refractivity contribution < 1.29 is 36.3 Å². The smallest absolute Gasteiger partial charge is 0.387 e. The summed E-state index contributed by atoms with van der Waals surface area (Å²) in [4.78, 5) is 23.8. The minimum atomic E-state index is -3.84. The summed E-state index contributed by atoms with van der Waals surface area (Å²) >= 11 is 5.93. The number of hydrogen-bond acceptors (Lipinski definition) is 6. The lowest BCUT2D eigenvalue weighted by Crippen LogP contribution is -2.23. The molecule has 0 saturated carbocycles. The molecule has 0 aliphatic rings. The third-order valence-electron chi connectivity index (χ3n) is 3.60. The predicted molar refractivity (Wildman–Crippen MR) is 104 cm³/mol. The summed E-state index contributed by atoms with van der Waals surface area (Å²) in [7, 11) is -1.18. The Hall–Kier alpha value is -2.76. The fourth-order valence-corrected chi connectivity index (χ4v) is 3.58. The maximum atomic E-state index is 12.3. The summed E-state index contributed by atoms with van der Waals surface area (Å²) in [6.07, 6.45) is 0. The first-order valence-electron chi connectivity index (χ1n) is 8.24. The van der Waals surface area contributed by atoms with Gasteiger partial charge in [0.15, 0.2) is 6.61 Å².